The Labute approximate surface area is 216 Å². The van der Waals surface area contributed by atoms with Crippen LogP contribution in [0.15, 0.2) is 54.6 Å². The Balaban J connectivity index is 1.52. The second-order valence-corrected chi connectivity index (χ2v) is 10.3. The van der Waals surface area contributed by atoms with Gasteiger partial charge in [-0.25, -0.2) is 9.97 Å². The lowest BCUT2D eigenvalue weighted by Gasteiger charge is -2.37. The Kier molecular flexibility index (Phi) is 9.08. The average Bonchev–Trinajstić information content (AvgIpc) is 2.87. The Morgan fingerprint density at radius 1 is 0.889 bits per heavy atom. The molecule has 3 aromatic rings. The van der Waals surface area contributed by atoms with E-state index < -0.39 is 6.10 Å². The summed E-state index contributed by atoms with van der Waals surface area (Å²) in [5.41, 5.74) is 5.85. The molecule has 0 spiro atoms. The number of benzene rings is 2. The van der Waals surface area contributed by atoms with Gasteiger partial charge in [0.25, 0.3) is 0 Å². The van der Waals surface area contributed by atoms with Crippen LogP contribution < -0.4 is 4.90 Å². The molecule has 1 aromatic heterocycles. The van der Waals surface area contributed by atoms with E-state index in [1.54, 1.807) is 0 Å². The third-order valence-corrected chi connectivity index (χ3v) is 6.75. The minimum Gasteiger partial charge on any atom is -0.389 e. The molecule has 2 heterocycles. The number of aliphatic hydroxyl groups is 1. The van der Waals surface area contributed by atoms with Gasteiger partial charge in [-0.3, -0.25) is 4.90 Å². The molecule has 1 aliphatic rings. The number of nitrogens with zero attached hydrogens (tertiary/aromatic N) is 4. The van der Waals surface area contributed by atoms with Gasteiger partial charge in [0.1, 0.15) is 5.82 Å². The highest BCUT2D eigenvalue weighted by Crippen LogP contribution is 2.29. The number of hydrogen-bond donors (Lipinski definition) is 1. The van der Waals surface area contributed by atoms with Crippen LogP contribution in [0.25, 0.3) is 11.4 Å². The normalized spacial score (nSPS) is 15.4. The highest BCUT2D eigenvalue weighted by molar-refractivity contribution is 5.61. The summed E-state index contributed by atoms with van der Waals surface area (Å²) in [5.74, 6) is 2.29. The SMILES string of the molecule is Cc1ccccc1Cc1c(C)nc(-c2ccccc2)nc1N1CCN(CC(O)COCC(C)C)CC1. The van der Waals surface area contributed by atoms with Gasteiger partial charge in [-0.1, -0.05) is 68.4 Å². The van der Waals surface area contributed by atoms with Gasteiger partial charge in [0.15, 0.2) is 5.82 Å². The maximum Gasteiger partial charge on any atom is 0.161 e. The number of aliphatic hydroxyl groups excluding tert-OH is 1. The van der Waals surface area contributed by atoms with Gasteiger partial charge in [0, 0.05) is 62.6 Å². The number of aryl methyl sites for hydroxylation is 2. The predicted octanol–water partition coefficient (Wildman–Crippen LogP) is 4.51. The smallest absolute Gasteiger partial charge is 0.161 e. The van der Waals surface area contributed by atoms with Crippen LogP contribution in [-0.4, -0.2) is 72.0 Å². The van der Waals surface area contributed by atoms with Crippen LogP contribution in [0.3, 0.4) is 0 Å². The van der Waals surface area contributed by atoms with Crippen molar-refractivity contribution in [2.24, 2.45) is 5.92 Å². The first-order valence-electron chi connectivity index (χ1n) is 13.1. The molecule has 6 nitrogen and oxygen atoms in total. The van der Waals surface area contributed by atoms with Crippen molar-refractivity contribution in [3.63, 3.8) is 0 Å². The van der Waals surface area contributed by atoms with Crippen molar-refractivity contribution in [3.05, 3.63) is 77.0 Å². The molecule has 4 rings (SSSR count). The van der Waals surface area contributed by atoms with E-state index in [9.17, 15) is 5.11 Å². The molecule has 6 heteroatoms. The Morgan fingerprint density at radius 3 is 2.28 bits per heavy atom. The zero-order valence-corrected chi connectivity index (χ0v) is 22.2. The summed E-state index contributed by atoms with van der Waals surface area (Å²) in [6, 6.07) is 18.8. The average molecular weight is 489 g/mol. The van der Waals surface area contributed by atoms with Crippen molar-refractivity contribution in [1.82, 2.24) is 14.9 Å². The lowest BCUT2D eigenvalue weighted by atomic mass is 9.99. The van der Waals surface area contributed by atoms with Gasteiger partial charge in [0.05, 0.1) is 12.7 Å². The fourth-order valence-corrected chi connectivity index (χ4v) is 4.70. The van der Waals surface area contributed by atoms with E-state index in [0.29, 0.717) is 25.7 Å². The monoisotopic (exact) mass is 488 g/mol. The number of hydrogen-bond acceptors (Lipinski definition) is 6. The summed E-state index contributed by atoms with van der Waals surface area (Å²) in [4.78, 5) is 14.8. The maximum atomic E-state index is 10.4. The fourth-order valence-electron chi connectivity index (χ4n) is 4.70. The van der Waals surface area contributed by atoms with Crippen LogP contribution in [0, 0.1) is 19.8 Å². The second kappa shape index (κ2) is 12.4. The van der Waals surface area contributed by atoms with Crippen LogP contribution in [0.4, 0.5) is 5.82 Å². The summed E-state index contributed by atoms with van der Waals surface area (Å²) in [5, 5.41) is 10.4. The number of anilines is 1. The Morgan fingerprint density at radius 2 is 1.58 bits per heavy atom. The molecule has 0 amide bonds. The van der Waals surface area contributed by atoms with Gasteiger partial charge in [-0.05, 0) is 30.9 Å². The third kappa shape index (κ3) is 6.90. The molecule has 2 aromatic carbocycles. The molecule has 0 saturated carbocycles. The van der Waals surface area contributed by atoms with E-state index in [4.69, 9.17) is 14.7 Å². The standard InChI is InChI=1S/C30H40N4O2/c1-22(2)20-36-21-27(35)19-33-14-16-34(17-15-33)30-28(18-26-13-9-8-10-23(26)3)24(4)31-29(32-30)25-11-6-5-7-12-25/h5-13,22,27,35H,14-21H2,1-4H3. The number of ether oxygens (including phenoxy) is 1. The molecule has 1 aliphatic heterocycles. The van der Waals surface area contributed by atoms with Crippen LogP contribution in [0.1, 0.15) is 36.2 Å². The van der Waals surface area contributed by atoms with Gasteiger partial charge < -0.3 is 14.7 Å². The number of aromatic nitrogens is 2. The van der Waals surface area contributed by atoms with Gasteiger partial charge in [-0.2, -0.15) is 0 Å². The Bertz CT molecular complexity index is 1110. The largest absolute Gasteiger partial charge is 0.389 e. The molecular formula is C30H40N4O2. The van der Waals surface area contributed by atoms with Crippen molar-refractivity contribution >= 4 is 5.82 Å². The molecule has 1 unspecified atom stereocenters. The quantitative estimate of drug-likeness (QED) is 0.453. The fraction of sp³-hybridized carbons (Fsp3) is 0.467. The topological polar surface area (TPSA) is 61.7 Å². The lowest BCUT2D eigenvalue weighted by Crippen LogP contribution is -2.49. The van der Waals surface area contributed by atoms with E-state index in [-0.39, 0.29) is 0 Å². The van der Waals surface area contributed by atoms with Crippen LogP contribution in [0.2, 0.25) is 0 Å². The van der Waals surface area contributed by atoms with Crippen molar-refractivity contribution in [1.29, 1.82) is 0 Å². The molecule has 1 fully saturated rings. The number of piperazine rings is 1. The van der Waals surface area contributed by atoms with E-state index in [1.165, 1.54) is 16.7 Å². The third-order valence-electron chi connectivity index (χ3n) is 6.75. The van der Waals surface area contributed by atoms with Crippen LogP contribution in [0.5, 0.6) is 0 Å². The van der Waals surface area contributed by atoms with Crippen molar-refractivity contribution in [3.8, 4) is 11.4 Å². The summed E-state index contributed by atoms with van der Waals surface area (Å²) in [7, 11) is 0. The first-order valence-corrected chi connectivity index (χ1v) is 13.1. The zero-order valence-electron chi connectivity index (χ0n) is 22.2. The minimum absolute atomic E-state index is 0.393. The summed E-state index contributed by atoms with van der Waals surface area (Å²) >= 11 is 0. The lowest BCUT2D eigenvalue weighted by molar-refractivity contribution is 0.00745. The van der Waals surface area contributed by atoms with Crippen molar-refractivity contribution in [2.45, 2.75) is 40.2 Å². The second-order valence-electron chi connectivity index (χ2n) is 10.3. The van der Waals surface area contributed by atoms with Gasteiger partial charge >= 0.3 is 0 Å². The molecule has 0 aliphatic carbocycles. The van der Waals surface area contributed by atoms with Crippen molar-refractivity contribution < 1.29 is 9.84 Å². The van der Waals surface area contributed by atoms with E-state index >= 15 is 0 Å². The molecule has 36 heavy (non-hydrogen) atoms. The first kappa shape index (κ1) is 26.3. The summed E-state index contributed by atoms with van der Waals surface area (Å²) in [6.45, 7) is 13.7. The van der Waals surface area contributed by atoms with E-state index in [1.807, 2.05) is 18.2 Å². The zero-order chi connectivity index (χ0) is 25.5. The molecule has 192 valence electrons. The van der Waals surface area contributed by atoms with Crippen LogP contribution in [-0.2, 0) is 11.2 Å². The molecule has 0 bridgehead atoms. The maximum absolute atomic E-state index is 10.4. The van der Waals surface area contributed by atoms with E-state index in [0.717, 1.165) is 55.5 Å². The molecule has 0 radical (unpaired) electrons. The molecule has 1 atom stereocenters. The van der Waals surface area contributed by atoms with Gasteiger partial charge in [0.2, 0.25) is 0 Å². The van der Waals surface area contributed by atoms with Gasteiger partial charge in [-0.15, -0.1) is 0 Å². The molecular weight excluding hydrogens is 448 g/mol. The number of β-amino-alcohol motifs (C(OH)–C–C–N with tert-alkyl or cyclic N) is 1. The first-order chi connectivity index (χ1) is 17.4. The van der Waals surface area contributed by atoms with Crippen molar-refractivity contribution in [2.75, 3.05) is 50.8 Å². The Hall–Kier alpha value is -2.80. The highest BCUT2D eigenvalue weighted by atomic mass is 16.5. The molecule has 1 saturated heterocycles. The van der Waals surface area contributed by atoms with E-state index in [2.05, 4.69) is 73.9 Å². The van der Waals surface area contributed by atoms with Crippen LogP contribution >= 0.6 is 0 Å². The molecule has 1 N–H and O–H groups in total. The predicted molar refractivity (Wildman–Crippen MR) is 147 cm³/mol. The number of rotatable bonds is 10. The summed E-state index contributed by atoms with van der Waals surface area (Å²) in [6.07, 6.45) is 0.354. The minimum atomic E-state index is -0.460. The highest BCUT2D eigenvalue weighted by Gasteiger charge is 2.24. The summed E-state index contributed by atoms with van der Waals surface area (Å²) < 4.78 is 5.64.